The Kier molecular flexibility index (Phi) is 22.2. The number of rotatable bonds is 9. The van der Waals surface area contributed by atoms with E-state index in [1.165, 1.54) is 243 Å². The van der Waals surface area contributed by atoms with E-state index in [1.54, 1.807) is 0 Å². The van der Waals surface area contributed by atoms with Gasteiger partial charge in [-0.3, -0.25) is 0 Å². The van der Waals surface area contributed by atoms with E-state index in [9.17, 15) is 0 Å². The Balaban J connectivity index is 0.000000106. The second kappa shape index (κ2) is 33.3. The SMILES string of the molecule is Cc1cccc2c3cccc4c3[n+]3c(c(C)n(C)c3c12)C(C)(C)C4(C)C.Cc1cccc2c3cccc4c3n3c(c[n+](C)c3c12)C(C)(C)C4(C)C.Cc1cccc2c3ccccc3[n+]3cc(C)n(C)c3c12.Cc1cccc2c3ccccc3n3c(-c4c(CC(C)C)cccc4C(C)C)c[n+](C)c3c12.Cc1cccc2c3ccccc3n3c(-c4c(CC(C)C)cccc4CC(C)C)c[n+](C)c3c12. The van der Waals surface area contributed by atoms with Crippen LogP contribution in [-0.2, 0) is 76.2 Å². The monoisotopic (exact) mass is 1790 g/mol. The molecule has 0 N–H and O–H groups in total. The van der Waals surface area contributed by atoms with Crippen molar-refractivity contribution in [3.63, 3.8) is 0 Å². The number of fused-ring (bicyclic) bond motifs is 24. The first-order valence-corrected chi connectivity index (χ1v) is 49.7. The first-order chi connectivity index (χ1) is 64.9. The molecule has 12 aromatic carbocycles. The van der Waals surface area contributed by atoms with Crippen molar-refractivity contribution in [1.82, 2.24) is 22.3 Å². The van der Waals surface area contributed by atoms with Gasteiger partial charge in [0.1, 0.15) is 63.8 Å². The summed E-state index contributed by atoms with van der Waals surface area (Å²) >= 11 is 0. The van der Waals surface area contributed by atoms with Gasteiger partial charge in [-0.15, -0.1) is 0 Å². The topological polar surface area (TPSA) is 42.9 Å². The fourth-order valence-electron chi connectivity index (χ4n) is 24.4. The van der Waals surface area contributed by atoms with Crippen LogP contribution in [0.2, 0.25) is 0 Å². The molecule has 0 atom stereocenters. The van der Waals surface area contributed by atoms with Gasteiger partial charge >= 0.3 is 0 Å². The van der Waals surface area contributed by atoms with Gasteiger partial charge in [-0.1, -0.05) is 329 Å². The highest BCUT2D eigenvalue weighted by Gasteiger charge is 2.53. The summed E-state index contributed by atoms with van der Waals surface area (Å²) in [5.74, 6) is 2.29. The highest BCUT2D eigenvalue weighted by molar-refractivity contribution is 6.17. The minimum Gasteiger partial charge on any atom is -0.232 e. The molecule has 10 nitrogen and oxygen atoms in total. The number of aryl methyl sites for hydroxylation is 11. The summed E-state index contributed by atoms with van der Waals surface area (Å²) in [4.78, 5) is 0. The lowest BCUT2D eigenvalue weighted by Crippen LogP contribution is -2.51. The predicted molar refractivity (Wildman–Crippen MR) is 574 cm³/mol. The van der Waals surface area contributed by atoms with Crippen molar-refractivity contribution in [1.29, 1.82) is 0 Å². The molecule has 2 aliphatic rings. The molecule has 0 radical (unpaired) electrons. The van der Waals surface area contributed by atoms with E-state index >= 15 is 0 Å². The number of benzene rings is 12. The fraction of sp³-hybridized carbons (Fsp3) is 0.310. The molecule has 0 aliphatic carbocycles. The summed E-state index contributed by atoms with van der Waals surface area (Å²) in [5.41, 5.74) is 39.5. The predicted octanol–water partition coefficient (Wildman–Crippen LogP) is 28.7. The Labute approximate surface area is 803 Å². The number of nitrogens with zero attached hydrogens (tertiary/aromatic N) is 10. The summed E-state index contributed by atoms with van der Waals surface area (Å²) in [6, 6.07) is 87.3. The van der Waals surface area contributed by atoms with E-state index < -0.39 is 0 Å². The van der Waals surface area contributed by atoms with Crippen molar-refractivity contribution in [3.8, 4) is 22.5 Å². The third-order valence-electron chi connectivity index (χ3n) is 32.3. The van der Waals surface area contributed by atoms with E-state index in [0.29, 0.717) is 23.7 Å². The number of pyridine rings is 5. The molecule has 0 unspecified atom stereocenters. The number of imidazole rings is 5. The molecular weight excluding hydrogens is 1650 g/mol. The van der Waals surface area contributed by atoms with E-state index in [1.807, 2.05) is 0 Å². The maximum Gasteiger partial charge on any atom is 0.295 e. The lowest BCUT2D eigenvalue weighted by molar-refractivity contribution is -0.643. The molecule has 10 aromatic heterocycles. The molecule has 136 heavy (non-hydrogen) atoms. The number of aromatic nitrogens is 10. The van der Waals surface area contributed by atoms with Gasteiger partial charge in [0.05, 0.1) is 62.2 Å². The zero-order valence-electron chi connectivity index (χ0n) is 85.7. The smallest absolute Gasteiger partial charge is 0.232 e. The minimum absolute atomic E-state index is 0.0406. The molecule has 12 heterocycles. The van der Waals surface area contributed by atoms with Crippen LogP contribution >= 0.6 is 0 Å². The average Bonchev–Trinajstić information content (AvgIpc) is 1.47. The third-order valence-corrected chi connectivity index (χ3v) is 32.3. The van der Waals surface area contributed by atoms with E-state index in [2.05, 4.69) is 501 Å². The number of hydrogen-bond acceptors (Lipinski definition) is 0. The quantitative estimate of drug-likeness (QED) is 0.102. The van der Waals surface area contributed by atoms with E-state index in [0.717, 1.165) is 19.3 Å². The first-order valence-electron chi connectivity index (χ1n) is 49.7. The highest BCUT2D eigenvalue weighted by atomic mass is 15.2. The van der Waals surface area contributed by atoms with Gasteiger partial charge < -0.3 is 0 Å². The first kappa shape index (κ1) is 90.5. The lowest BCUT2D eigenvalue weighted by atomic mass is 9.60. The summed E-state index contributed by atoms with van der Waals surface area (Å²) in [6.45, 7) is 53.3. The van der Waals surface area contributed by atoms with Crippen LogP contribution < -0.4 is 22.5 Å². The summed E-state index contributed by atoms with van der Waals surface area (Å²) < 4.78 is 24.1. The Hall–Kier alpha value is -13.3. The van der Waals surface area contributed by atoms with Gasteiger partial charge in [0.25, 0.3) is 28.2 Å². The molecule has 686 valence electrons. The van der Waals surface area contributed by atoms with Gasteiger partial charge in [0.15, 0.2) is 22.8 Å². The van der Waals surface area contributed by atoms with Crippen molar-refractivity contribution >= 4 is 137 Å². The van der Waals surface area contributed by atoms with Crippen molar-refractivity contribution < 1.29 is 22.5 Å². The maximum absolute atomic E-state index is 2.57. The molecule has 0 spiro atoms. The second-order valence-electron chi connectivity index (χ2n) is 43.8. The Morgan fingerprint density at radius 2 is 0.676 bits per heavy atom. The lowest BCUT2D eigenvalue weighted by Gasteiger charge is -2.43. The molecule has 0 saturated carbocycles. The van der Waals surface area contributed by atoms with Crippen molar-refractivity contribution in [2.45, 2.75) is 206 Å². The van der Waals surface area contributed by atoms with Gasteiger partial charge in [-0.25, -0.2) is 22.8 Å². The van der Waals surface area contributed by atoms with Crippen LogP contribution in [0.15, 0.2) is 261 Å². The van der Waals surface area contributed by atoms with E-state index in [4.69, 9.17) is 0 Å². The normalized spacial score (nSPS) is 14.2. The fourth-order valence-corrected chi connectivity index (χ4v) is 24.4. The van der Waals surface area contributed by atoms with E-state index in [-0.39, 0.29) is 21.7 Å². The summed E-state index contributed by atoms with van der Waals surface area (Å²) in [7, 11) is 11.0. The third kappa shape index (κ3) is 13.7. The average molecular weight is 1790 g/mol. The maximum atomic E-state index is 2.57. The number of hydrogen-bond donors (Lipinski definition) is 0. The van der Waals surface area contributed by atoms with Gasteiger partial charge in [-0.05, 0) is 146 Å². The van der Waals surface area contributed by atoms with Crippen LogP contribution in [-0.4, -0.2) is 22.3 Å². The zero-order valence-corrected chi connectivity index (χ0v) is 85.7. The molecule has 24 rings (SSSR count). The van der Waals surface area contributed by atoms with Crippen LogP contribution in [0.5, 0.6) is 0 Å². The van der Waals surface area contributed by atoms with Crippen LogP contribution in [0.25, 0.3) is 159 Å². The molecule has 10 heteroatoms. The van der Waals surface area contributed by atoms with Gasteiger partial charge in [0.2, 0.25) is 0 Å². The second-order valence-corrected chi connectivity index (χ2v) is 43.8. The van der Waals surface area contributed by atoms with Crippen LogP contribution in [0, 0.1) is 66.2 Å². The minimum atomic E-state index is 0.0406. The molecular formula is C126H137N10+5. The molecule has 0 saturated heterocycles. The Morgan fingerprint density at radius 3 is 1.18 bits per heavy atom. The van der Waals surface area contributed by atoms with Crippen LogP contribution in [0.4, 0.5) is 0 Å². The molecule has 0 fully saturated rings. The van der Waals surface area contributed by atoms with Crippen molar-refractivity contribution in [2.24, 2.45) is 53.0 Å². The Morgan fingerprint density at radius 1 is 0.309 bits per heavy atom. The largest absolute Gasteiger partial charge is 0.295 e. The number of para-hydroxylation sites is 5. The molecule has 22 aromatic rings. The molecule has 0 amide bonds. The summed E-state index contributed by atoms with van der Waals surface area (Å²) in [6.07, 6.45) is 12.5. The zero-order chi connectivity index (χ0) is 96.0. The van der Waals surface area contributed by atoms with Crippen LogP contribution in [0.1, 0.15) is 201 Å². The highest BCUT2D eigenvalue weighted by Crippen LogP contribution is 2.54. The Bertz CT molecular complexity index is 8700. The van der Waals surface area contributed by atoms with Gasteiger partial charge in [0, 0.05) is 112 Å². The molecule has 0 bridgehead atoms. The standard InChI is InChI=1S/C31H35N2.C30H33N2.C24H27N2.C23H25N2.C18H17N2/c1-20(2)17-23-12-10-13-24(18-21(3)4)30(23)28-19-32(6)31-29-22(5)11-9-15-26(29)25-14-7-8-16-27(25)33(28)31;1-19(2)17-22-12-10-14-23(20(3)4)29(22)27-18-31(6)30-28-21(5)11-9-15-25(28)24-13-7-8-16-26(24)32(27)30;1-14-10-8-11-16-17-12-9-13-18-20(17)26-21(24(5,6)23(18,3)4)15(2)25(7)22(26)19(14)16;1-14-9-7-10-15-16-11-8-12-17-20(16)25-18(23(4,5)22(17,2)3)13-24(6)21(25)19(14)15;1-12-7-6-9-15-14-8-4-5-10-16(14)20-11-13(2)19(3)18(20)17(12)15/h7-16,19-21H,17-18H2,1-6H3;7-16,18-20H,17H2,1-6H3;8-13H,1-7H3;7-13H,1-6H3;4-11H,1-3H3/q5*+1. The summed E-state index contributed by atoms with van der Waals surface area (Å²) in [5, 5.41) is 20.2. The molecule has 2 aliphatic heterocycles. The van der Waals surface area contributed by atoms with Crippen molar-refractivity contribution in [3.05, 3.63) is 345 Å². The van der Waals surface area contributed by atoms with Crippen molar-refractivity contribution in [2.75, 3.05) is 0 Å². The van der Waals surface area contributed by atoms with Gasteiger partial charge in [-0.2, -0.15) is 22.0 Å². The van der Waals surface area contributed by atoms with Crippen LogP contribution in [0.3, 0.4) is 0 Å².